The van der Waals surface area contributed by atoms with Gasteiger partial charge in [0, 0.05) is 9.86 Å². The van der Waals surface area contributed by atoms with Crippen LogP contribution in [0.15, 0.2) is 21.0 Å². The SMILES string of the molecule is COc1cc(C(C)CN)c(Br)c2cc(C)oc12. The van der Waals surface area contributed by atoms with Crippen molar-refractivity contribution >= 4 is 26.9 Å². The van der Waals surface area contributed by atoms with Crippen molar-refractivity contribution in [3.63, 3.8) is 0 Å². The Morgan fingerprint density at radius 1 is 1.47 bits per heavy atom. The Labute approximate surface area is 109 Å². The van der Waals surface area contributed by atoms with Gasteiger partial charge in [-0.1, -0.05) is 6.92 Å². The molecule has 1 unspecified atom stereocenters. The summed E-state index contributed by atoms with van der Waals surface area (Å²) < 4.78 is 12.1. The normalized spacial score (nSPS) is 13.0. The molecule has 1 atom stereocenters. The summed E-state index contributed by atoms with van der Waals surface area (Å²) in [7, 11) is 1.65. The summed E-state index contributed by atoms with van der Waals surface area (Å²) in [6.45, 7) is 4.63. The van der Waals surface area contributed by atoms with Gasteiger partial charge in [0.2, 0.25) is 0 Å². The first-order valence-electron chi connectivity index (χ1n) is 5.55. The van der Waals surface area contributed by atoms with Gasteiger partial charge in [-0.3, -0.25) is 0 Å². The average Bonchev–Trinajstić information content (AvgIpc) is 2.71. The first-order chi connectivity index (χ1) is 8.08. The third-order valence-corrected chi connectivity index (χ3v) is 3.84. The van der Waals surface area contributed by atoms with E-state index in [1.54, 1.807) is 7.11 Å². The molecule has 3 nitrogen and oxygen atoms in total. The van der Waals surface area contributed by atoms with Crippen molar-refractivity contribution < 1.29 is 9.15 Å². The topological polar surface area (TPSA) is 48.4 Å². The van der Waals surface area contributed by atoms with Crippen LogP contribution in [0.1, 0.15) is 24.2 Å². The molecule has 0 radical (unpaired) electrons. The number of fused-ring (bicyclic) bond motifs is 1. The summed E-state index contributed by atoms with van der Waals surface area (Å²) in [5.41, 5.74) is 7.66. The molecule has 2 aromatic rings. The highest BCUT2D eigenvalue weighted by molar-refractivity contribution is 9.10. The highest BCUT2D eigenvalue weighted by Crippen LogP contribution is 2.39. The van der Waals surface area contributed by atoms with Crippen molar-refractivity contribution in [1.82, 2.24) is 0 Å². The predicted molar refractivity (Wildman–Crippen MR) is 72.7 cm³/mol. The van der Waals surface area contributed by atoms with E-state index < -0.39 is 0 Å². The highest BCUT2D eigenvalue weighted by Gasteiger charge is 2.17. The zero-order valence-electron chi connectivity index (χ0n) is 10.2. The number of ether oxygens (including phenoxy) is 1. The van der Waals surface area contributed by atoms with Crippen LogP contribution in [0.3, 0.4) is 0 Å². The molecule has 0 saturated heterocycles. The average molecular weight is 298 g/mol. The Morgan fingerprint density at radius 3 is 2.76 bits per heavy atom. The summed E-state index contributed by atoms with van der Waals surface area (Å²) in [6.07, 6.45) is 0. The largest absolute Gasteiger partial charge is 0.493 e. The van der Waals surface area contributed by atoms with Crippen LogP contribution in [0.2, 0.25) is 0 Å². The molecule has 0 bridgehead atoms. The molecule has 1 aromatic carbocycles. The molecule has 2 rings (SSSR count). The van der Waals surface area contributed by atoms with Gasteiger partial charge in [0.25, 0.3) is 0 Å². The van der Waals surface area contributed by atoms with Crippen LogP contribution in [0.4, 0.5) is 0 Å². The van der Waals surface area contributed by atoms with Gasteiger partial charge < -0.3 is 14.9 Å². The minimum atomic E-state index is 0.276. The van der Waals surface area contributed by atoms with Crippen molar-refractivity contribution in [3.05, 3.63) is 27.9 Å². The Morgan fingerprint density at radius 2 is 2.18 bits per heavy atom. The van der Waals surface area contributed by atoms with Crippen molar-refractivity contribution in [2.45, 2.75) is 19.8 Å². The lowest BCUT2D eigenvalue weighted by atomic mass is 9.99. The Bertz CT molecular complexity index is 548. The Balaban J connectivity index is 2.75. The van der Waals surface area contributed by atoms with Crippen LogP contribution in [-0.4, -0.2) is 13.7 Å². The molecule has 0 aliphatic carbocycles. The fraction of sp³-hybridized carbons (Fsp3) is 0.385. The maximum Gasteiger partial charge on any atom is 0.177 e. The van der Waals surface area contributed by atoms with Crippen LogP contribution in [0.5, 0.6) is 5.75 Å². The number of hydrogen-bond donors (Lipinski definition) is 1. The van der Waals surface area contributed by atoms with E-state index in [-0.39, 0.29) is 5.92 Å². The third kappa shape index (κ3) is 2.07. The Hall–Kier alpha value is -1.00. The molecule has 17 heavy (non-hydrogen) atoms. The predicted octanol–water partition coefficient (Wildman–Crippen LogP) is 3.57. The van der Waals surface area contributed by atoms with Gasteiger partial charge in [-0.25, -0.2) is 0 Å². The fourth-order valence-electron chi connectivity index (χ4n) is 1.92. The molecule has 0 aliphatic rings. The van der Waals surface area contributed by atoms with Crippen LogP contribution < -0.4 is 10.5 Å². The van der Waals surface area contributed by atoms with E-state index in [2.05, 4.69) is 22.9 Å². The number of halogens is 1. The number of furan rings is 1. The minimum Gasteiger partial charge on any atom is -0.493 e. The summed E-state index contributed by atoms with van der Waals surface area (Å²) >= 11 is 3.63. The first kappa shape index (κ1) is 12.5. The lowest BCUT2D eigenvalue weighted by Crippen LogP contribution is -2.09. The van der Waals surface area contributed by atoms with Gasteiger partial charge in [0.15, 0.2) is 11.3 Å². The van der Waals surface area contributed by atoms with Crippen molar-refractivity contribution in [2.24, 2.45) is 5.73 Å². The van der Waals surface area contributed by atoms with E-state index >= 15 is 0 Å². The van der Waals surface area contributed by atoms with Crippen LogP contribution in [0.25, 0.3) is 11.0 Å². The highest BCUT2D eigenvalue weighted by atomic mass is 79.9. The lowest BCUT2D eigenvalue weighted by molar-refractivity contribution is 0.408. The molecule has 92 valence electrons. The van der Waals surface area contributed by atoms with Gasteiger partial charge in [0.05, 0.1) is 7.11 Å². The minimum absolute atomic E-state index is 0.276. The zero-order chi connectivity index (χ0) is 12.6. The number of nitrogens with two attached hydrogens (primary N) is 1. The summed E-state index contributed by atoms with van der Waals surface area (Å²) in [6, 6.07) is 4.00. The molecular formula is C13H16BrNO2. The maximum absolute atomic E-state index is 5.73. The third-order valence-electron chi connectivity index (χ3n) is 2.96. The van der Waals surface area contributed by atoms with Gasteiger partial charge in [0.1, 0.15) is 5.76 Å². The van der Waals surface area contributed by atoms with Crippen LogP contribution >= 0.6 is 15.9 Å². The monoisotopic (exact) mass is 297 g/mol. The Kier molecular flexibility index (Phi) is 3.45. The van der Waals surface area contributed by atoms with Crippen molar-refractivity contribution in [2.75, 3.05) is 13.7 Å². The van der Waals surface area contributed by atoms with E-state index in [0.717, 1.165) is 32.5 Å². The van der Waals surface area contributed by atoms with E-state index in [1.165, 1.54) is 0 Å². The molecule has 0 aliphatic heterocycles. The number of rotatable bonds is 3. The second-order valence-corrected chi connectivity index (χ2v) is 5.01. The summed E-state index contributed by atoms with van der Waals surface area (Å²) in [4.78, 5) is 0. The van der Waals surface area contributed by atoms with Gasteiger partial charge >= 0.3 is 0 Å². The molecule has 0 fully saturated rings. The maximum atomic E-state index is 5.73. The fourth-order valence-corrected chi connectivity index (χ4v) is 2.72. The summed E-state index contributed by atoms with van der Waals surface area (Å²) in [5.74, 6) is 1.90. The van der Waals surface area contributed by atoms with Crippen molar-refractivity contribution in [3.8, 4) is 5.75 Å². The second kappa shape index (κ2) is 4.70. The number of benzene rings is 1. The van der Waals surface area contributed by atoms with Crippen LogP contribution in [0, 0.1) is 6.92 Å². The number of methoxy groups -OCH3 is 1. The molecule has 2 N–H and O–H groups in total. The number of hydrogen-bond acceptors (Lipinski definition) is 3. The van der Waals surface area contributed by atoms with Gasteiger partial charge in [-0.15, -0.1) is 0 Å². The van der Waals surface area contributed by atoms with E-state index in [0.29, 0.717) is 6.54 Å². The van der Waals surface area contributed by atoms with E-state index in [1.807, 2.05) is 19.1 Å². The molecule has 1 heterocycles. The molecule has 4 heteroatoms. The smallest absolute Gasteiger partial charge is 0.177 e. The van der Waals surface area contributed by atoms with Gasteiger partial charge in [-0.2, -0.15) is 0 Å². The quantitative estimate of drug-likeness (QED) is 0.942. The lowest BCUT2D eigenvalue weighted by Gasteiger charge is -2.13. The molecular weight excluding hydrogens is 282 g/mol. The molecule has 0 saturated carbocycles. The van der Waals surface area contributed by atoms with E-state index in [4.69, 9.17) is 14.9 Å². The van der Waals surface area contributed by atoms with E-state index in [9.17, 15) is 0 Å². The molecule has 1 aromatic heterocycles. The first-order valence-corrected chi connectivity index (χ1v) is 6.34. The second-order valence-electron chi connectivity index (χ2n) is 4.22. The summed E-state index contributed by atoms with van der Waals surface area (Å²) in [5, 5.41) is 1.04. The molecule has 0 amide bonds. The van der Waals surface area contributed by atoms with Crippen molar-refractivity contribution in [1.29, 1.82) is 0 Å². The zero-order valence-corrected chi connectivity index (χ0v) is 11.8. The van der Waals surface area contributed by atoms with Crippen LogP contribution in [-0.2, 0) is 0 Å². The standard InChI is InChI=1S/C13H16BrNO2/c1-7(6-15)9-5-11(16-3)13-10(12(9)14)4-8(2)17-13/h4-5,7H,6,15H2,1-3H3. The molecule has 0 spiro atoms. The van der Waals surface area contributed by atoms with Gasteiger partial charge in [-0.05, 0) is 53.0 Å². The number of aryl methyl sites for hydroxylation is 1.